The fourth-order valence-corrected chi connectivity index (χ4v) is 3.03. The van der Waals surface area contributed by atoms with Crippen LogP contribution < -0.4 is 10.9 Å². The van der Waals surface area contributed by atoms with Crippen LogP contribution in [0.1, 0.15) is 16.8 Å². The predicted molar refractivity (Wildman–Crippen MR) is 103 cm³/mol. The van der Waals surface area contributed by atoms with E-state index < -0.39 is 0 Å². The number of hydrogen-bond acceptors (Lipinski definition) is 4. The van der Waals surface area contributed by atoms with Gasteiger partial charge >= 0.3 is 5.63 Å². The van der Waals surface area contributed by atoms with Crippen molar-refractivity contribution in [2.75, 3.05) is 5.32 Å². The van der Waals surface area contributed by atoms with Crippen molar-refractivity contribution in [3.63, 3.8) is 0 Å². The smallest absolute Gasteiger partial charge is 0.341 e. The van der Waals surface area contributed by atoms with E-state index in [2.05, 4.69) is 10.3 Å². The SMILES string of the molecule is O=c1oc2ccccc2c(NCc2ccccn2)c1Cc1ccccc1. The first-order chi connectivity index (χ1) is 12.8. The molecule has 2 aromatic carbocycles. The molecule has 2 heterocycles. The Kier molecular flexibility index (Phi) is 4.48. The molecule has 0 saturated heterocycles. The molecule has 0 aliphatic rings. The fraction of sp³-hybridized carbons (Fsp3) is 0.0909. The zero-order chi connectivity index (χ0) is 17.8. The van der Waals surface area contributed by atoms with E-state index in [4.69, 9.17) is 4.42 Å². The molecule has 0 atom stereocenters. The second-order valence-corrected chi connectivity index (χ2v) is 6.08. The maximum atomic E-state index is 12.6. The zero-order valence-electron chi connectivity index (χ0n) is 14.2. The van der Waals surface area contributed by atoms with Crippen molar-refractivity contribution in [3.8, 4) is 0 Å². The summed E-state index contributed by atoms with van der Waals surface area (Å²) >= 11 is 0. The van der Waals surface area contributed by atoms with Crippen LogP contribution in [-0.2, 0) is 13.0 Å². The van der Waals surface area contributed by atoms with Gasteiger partial charge < -0.3 is 9.73 Å². The number of rotatable bonds is 5. The zero-order valence-corrected chi connectivity index (χ0v) is 14.2. The Morgan fingerprint density at radius 3 is 2.46 bits per heavy atom. The van der Waals surface area contributed by atoms with Crippen LogP contribution in [-0.4, -0.2) is 4.98 Å². The normalized spacial score (nSPS) is 10.8. The molecule has 128 valence electrons. The summed E-state index contributed by atoms with van der Waals surface area (Å²) in [6.07, 6.45) is 2.28. The van der Waals surface area contributed by atoms with Gasteiger partial charge in [0.1, 0.15) is 5.58 Å². The predicted octanol–water partition coefficient (Wildman–Crippen LogP) is 4.39. The molecule has 4 nitrogen and oxygen atoms in total. The second kappa shape index (κ2) is 7.23. The molecule has 0 unspecified atom stereocenters. The van der Waals surface area contributed by atoms with E-state index in [1.165, 1.54) is 0 Å². The quantitative estimate of drug-likeness (QED) is 0.547. The molecule has 1 N–H and O–H groups in total. The van der Waals surface area contributed by atoms with Gasteiger partial charge in [0.25, 0.3) is 0 Å². The van der Waals surface area contributed by atoms with Gasteiger partial charge in [0.15, 0.2) is 0 Å². The van der Waals surface area contributed by atoms with Crippen molar-refractivity contribution in [1.29, 1.82) is 0 Å². The van der Waals surface area contributed by atoms with Gasteiger partial charge in [-0.2, -0.15) is 0 Å². The Morgan fingerprint density at radius 2 is 1.65 bits per heavy atom. The molecular formula is C22H18N2O2. The lowest BCUT2D eigenvalue weighted by Crippen LogP contribution is -2.14. The third-order valence-corrected chi connectivity index (χ3v) is 4.30. The number of fused-ring (bicyclic) bond motifs is 1. The largest absolute Gasteiger partial charge is 0.422 e. The number of pyridine rings is 1. The minimum atomic E-state index is -0.309. The van der Waals surface area contributed by atoms with Gasteiger partial charge in [0.2, 0.25) is 0 Å². The van der Waals surface area contributed by atoms with E-state index in [0.29, 0.717) is 24.1 Å². The molecule has 0 aliphatic heterocycles. The van der Waals surface area contributed by atoms with Crippen LogP contribution >= 0.6 is 0 Å². The van der Waals surface area contributed by atoms with E-state index in [1.54, 1.807) is 6.20 Å². The van der Waals surface area contributed by atoms with Crippen LogP contribution in [0.5, 0.6) is 0 Å². The van der Waals surface area contributed by atoms with Gasteiger partial charge in [-0.15, -0.1) is 0 Å². The topological polar surface area (TPSA) is 55.1 Å². The minimum absolute atomic E-state index is 0.309. The third kappa shape index (κ3) is 3.35. The molecule has 4 rings (SSSR count). The highest BCUT2D eigenvalue weighted by Gasteiger charge is 2.15. The van der Waals surface area contributed by atoms with E-state index in [-0.39, 0.29) is 5.63 Å². The number of anilines is 1. The molecular weight excluding hydrogens is 324 g/mol. The average Bonchev–Trinajstić information content (AvgIpc) is 2.69. The Labute approximate surface area is 151 Å². The lowest BCUT2D eigenvalue weighted by molar-refractivity contribution is 0.553. The number of aromatic nitrogens is 1. The van der Waals surface area contributed by atoms with Crippen molar-refractivity contribution in [3.05, 3.63) is 106 Å². The summed E-state index contributed by atoms with van der Waals surface area (Å²) in [5.41, 5.74) is 3.69. The fourth-order valence-electron chi connectivity index (χ4n) is 3.03. The van der Waals surface area contributed by atoms with E-state index in [1.807, 2.05) is 72.8 Å². The van der Waals surface area contributed by atoms with Gasteiger partial charge in [-0.05, 0) is 29.8 Å². The van der Waals surface area contributed by atoms with Crippen molar-refractivity contribution < 1.29 is 4.42 Å². The summed E-state index contributed by atoms with van der Waals surface area (Å²) in [4.78, 5) is 17.0. The summed E-state index contributed by atoms with van der Waals surface area (Å²) in [6, 6.07) is 23.3. The first-order valence-electron chi connectivity index (χ1n) is 8.54. The molecule has 0 aliphatic carbocycles. The monoisotopic (exact) mass is 342 g/mol. The molecule has 0 spiro atoms. The molecule has 0 fully saturated rings. The van der Waals surface area contributed by atoms with Crippen molar-refractivity contribution >= 4 is 16.7 Å². The Balaban J connectivity index is 1.78. The number of hydrogen-bond donors (Lipinski definition) is 1. The van der Waals surface area contributed by atoms with Crippen LogP contribution in [0, 0.1) is 0 Å². The Hall–Kier alpha value is -3.40. The summed E-state index contributed by atoms with van der Waals surface area (Å²) < 4.78 is 5.55. The van der Waals surface area contributed by atoms with E-state index in [9.17, 15) is 4.79 Å². The Morgan fingerprint density at radius 1 is 0.885 bits per heavy atom. The van der Waals surface area contributed by atoms with Crippen LogP contribution in [0.2, 0.25) is 0 Å². The van der Waals surface area contributed by atoms with Gasteiger partial charge in [-0.25, -0.2) is 4.79 Å². The van der Waals surface area contributed by atoms with Gasteiger partial charge in [0.05, 0.1) is 23.5 Å². The summed E-state index contributed by atoms with van der Waals surface area (Å²) in [5.74, 6) is 0. The lowest BCUT2D eigenvalue weighted by atomic mass is 10.0. The van der Waals surface area contributed by atoms with Crippen LogP contribution in [0.3, 0.4) is 0 Å². The molecule has 4 aromatic rings. The van der Waals surface area contributed by atoms with E-state index >= 15 is 0 Å². The molecule has 4 heteroatoms. The summed E-state index contributed by atoms with van der Waals surface area (Å²) in [7, 11) is 0. The lowest BCUT2D eigenvalue weighted by Gasteiger charge is -2.14. The van der Waals surface area contributed by atoms with Gasteiger partial charge in [0, 0.05) is 18.0 Å². The molecule has 0 amide bonds. The van der Waals surface area contributed by atoms with Crippen LogP contribution in [0.4, 0.5) is 5.69 Å². The van der Waals surface area contributed by atoms with Gasteiger partial charge in [-0.1, -0.05) is 48.5 Å². The van der Waals surface area contributed by atoms with Crippen LogP contribution in [0.25, 0.3) is 11.0 Å². The van der Waals surface area contributed by atoms with Crippen molar-refractivity contribution in [2.45, 2.75) is 13.0 Å². The van der Waals surface area contributed by atoms with Gasteiger partial charge in [-0.3, -0.25) is 4.98 Å². The number of benzene rings is 2. The van der Waals surface area contributed by atoms with Crippen LogP contribution in [0.15, 0.2) is 88.2 Å². The van der Waals surface area contributed by atoms with E-state index in [0.717, 1.165) is 22.3 Å². The number of para-hydroxylation sites is 1. The maximum Gasteiger partial charge on any atom is 0.341 e. The molecule has 0 saturated carbocycles. The van der Waals surface area contributed by atoms with Crippen molar-refractivity contribution in [1.82, 2.24) is 4.98 Å². The average molecular weight is 342 g/mol. The van der Waals surface area contributed by atoms with Crippen molar-refractivity contribution in [2.24, 2.45) is 0 Å². The molecule has 26 heavy (non-hydrogen) atoms. The highest BCUT2D eigenvalue weighted by atomic mass is 16.4. The second-order valence-electron chi connectivity index (χ2n) is 6.08. The Bertz CT molecular complexity index is 1070. The number of nitrogens with one attached hydrogen (secondary N) is 1. The molecule has 0 radical (unpaired) electrons. The maximum absolute atomic E-state index is 12.6. The minimum Gasteiger partial charge on any atom is -0.422 e. The number of nitrogens with zero attached hydrogens (tertiary/aromatic N) is 1. The first kappa shape index (κ1) is 16.1. The molecule has 2 aromatic heterocycles. The molecule has 0 bridgehead atoms. The highest BCUT2D eigenvalue weighted by molar-refractivity contribution is 5.91. The standard InChI is InChI=1S/C22H18N2O2/c25-22-19(14-16-8-2-1-3-9-16)21(18-11-4-5-12-20(18)26-22)24-15-17-10-6-7-13-23-17/h1-13,24H,14-15H2. The summed E-state index contributed by atoms with van der Waals surface area (Å²) in [5, 5.41) is 4.31. The summed E-state index contributed by atoms with van der Waals surface area (Å²) in [6.45, 7) is 0.538. The first-order valence-corrected chi connectivity index (χ1v) is 8.54. The third-order valence-electron chi connectivity index (χ3n) is 4.30. The highest BCUT2D eigenvalue weighted by Crippen LogP contribution is 2.27.